The average molecular weight is 281 g/mol. The zero-order valence-corrected chi connectivity index (χ0v) is 11.6. The highest BCUT2D eigenvalue weighted by Gasteiger charge is 2.44. The molecule has 0 aromatic carbocycles. The van der Waals surface area contributed by atoms with Gasteiger partial charge in [0.25, 0.3) is 0 Å². The first kappa shape index (κ1) is 14.3. The number of rotatable bonds is 3. The Morgan fingerprint density at radius 2 is 2.30 bits per heavy atom. The molecule has 0 bridgehead atoms. The van der Waals surface area contributed by atoms with E-state index in [0.29, 0.717) is 18.8 Å². The minimum atomic E-state index is -1.15. The summed E-state index contributed by atoms with van der Waals surface area (Å²) >= 11 is 0. The van der Waals surface area contributed by atoms with Crippen LogP contribution < -0.4 is 5.32 Å². The third-order valence-corrected chi connectivity index (χ3v) is 3.78. The largest absolute Gasteiger partial charge is 0.480 e. The SMILES string of the molecule is CC(NC(=O)N1CCCCC1(C)C(=O)O)c1ncn[nH]1. The molecule has 0 aliphatic carbocycles. The molecule has 2 heterocycles. The topological polar surface area (TPSA) is 111 Å². The number of hydrogen-bond acceptors (Lipinski definition) is 4. The quantitative estimate of drug-likeness (QED) is 0.762. The molecule has 1 saturated heterocycles. The average Bonchev–Trinajstić information content (AvgIpc) is 2.92. The van der Waals surface area contributed by atoms with Crippen LogP contribution in [0.1, 0.15) is 45.0 Å². The zero-order chi connectivity index (χ0) is 14.8. The molecular weight excluding hydrogens is 262 g/mol. The molecule has 110 valence electrons. The molecule has 2 atom stereocenters. The standard InChI is InChI=1S/C12H19N5O3/c1-8(9-13-7-14-16-9)15-11(20)17-6-4-3-5-12(17,2)10(18)19/h7-8H,3-6H2,1-2H3,(H,15,20)(H,18,19)(H,13,14,16). The molecule has 1 aromatic heterocycles. The second-order valence-corrected chi connectivity index (χ2v) is 5.23. The molecule has 2 amide bonds. The van der Waals surface area contributed by atoms with Crippen molar-refractivity contribution in [1.29, 1.82) is 0 Å². The normalized spacial score (nSPS) is 24.2. The van der Waals surface area contributed by atoms with E-state index in [4.69, 9.17) is 0 Å². The smallest absolute Gasteiger partial charge is 0.329 e. The number of urea groups is 1. The van der Waals surface area contributed by atoms with E-state index in [2.05, 4.69) is 20.5 Å². The van der Waals surface area contributed by atoms with E-state index in [9.17, 15) is 14.7 Å². The fourth-order valence-corrected chi connectivity index (χ4v) is 2.42. The molecule has 2 unspecified atom stereocenters. The summed E-state index contributed by atoms with van der Waals surface area (Å²) in [6, 6.07) is -0.747. The lowest BCUT2D eigenvalue weighted by atomic mass is 9.89. The lowest BCUT2D eigenvalue weighted by molar-refractivity contribution is -0.150. The van der Waals surface area contributed by atoms with Crippen LogP contribution in [0.25, 0.3) is 0 Å². The van der Waals surface area contributed by atoms with Crippen LogP contribution in [0.2, 0.25) is 0 Å². The highest BCUT2D eigenvalue weighted by Crippen LogP contribution is 2.28. The first-order valence-electron chi connectivity index (χ1n) is 6.62. The minimum Gasteiger partial charge on any atom is -0.480 e. The van der Waals surface area contributed by atoms with Gasteiger partial charge in [0, 0.05) is 6.54 Å². The maximum atomic E-state index is 12.3. The van der Waals surface area contributed by atoms with Gasteiger partial charge in [0.05, 0.1) is 6.04 Å². The van der Waals surface area contributed by atoms with Gasteiger partial charge >= 0.3 is 12.0 Å². The number of aromatic nitrogens is 3. The number of nitrogens with one attached hydrogen (secondary N) is 2. The number of hydrogen-bond donors (Lipinski definition) is 3. The maximum absolute atomic E-state index is 12.3. The molecule has 20 heavy (non-hydrogen) atoms. The molecule has 0 radical (unpaired) electrons. The summed E-state index contributed by atoms with van der Waals surface area (Å²) in [7, 11) is 0. The first-order chi connectivity index (χ1) is 9.45. The summed E-state index contributed by atoms with van der Waals surface area (Å²) in [5, 5.41) is 18.5. The number of nitrogens with zero attached hydrogens (tertiary/aromatic N) is 3. The van der Waals surface area contributed by atoms with Crippen LogP contribution in [0.4, 0.5) is 4.79 Å². The maximum Gasteiger partial charge on any atom is 0.329 e. The van der Waals surface area contributed by atoms with Gasteiger partial charge in [0.15, 0.2) is 0 Å². The van der Waals surface area contributed by atoms with E-state index in [1.165, 1.54) is 11.2 Å². The lowest BCUT2D eigenvalue weighted by Crippen LogP contribution is -2.60. The van der Waals surface area contributed by atoms with Crippen molar-refractivity contribution in [2.24, 2.45) is 0 Å². The number of H-pyrrole nitrogens is 1. The number of carbonyl (C=O) groups excluding carboxylic acids is 1. The third-order valence-electron chi connectivity index (χ3n) is 3.78. The van der Waals surface area contributed by atoms with Gasteiger partial charge in [-0.05, 0) is 33.1 Å². The van der Waals surface area contributed by atoms with Crippen molar-refractivity contribution in [3.05, 3.63) is 12.2 Å². The van der Waals surface area contributed by atoms with Crippen molar-refractivity contribution in [2.45, 2.75) is 44.7 Å². The van der Waals surface area contributed by atoms with Gasteiger partial charge in [-0.3, -0.25) is 5.10 Å². The van der Waals surface area contributed by atoms with Gasteiger partial charge in [0.2, 0.25) is 0 Å². The molecule has 8 heteroatoms. The second-order valence-electron chi connectivity index (χ2n) is 5.23. The van der Waals surface area contributed by atoms with E-state index in [1.54, 1.807) is 13.8 Å². The number of aliphatic carboxylic acids is 1. The Labute approximate surface area is 116 Å². The van der Waals surface area contributed by atoms with Crippen LogP contribution >= 0.6 is 0 Å². The Morgan fingerprint density at radius 1 is 1.55 bits per heavy atom. The van der Waals surface area contributed by atoms with Crippen molar-refractivity contribution >= 4 is 12.0 Å². The molecule has 2 rings (SSSR count). The summed E-state index contributed by atoms with van der Waals surface area (Å²) in [4.78, 5) is 29.1. The third kappa shape index (κ3) is 2.59. The molecule has 3 N–H and O–H groups in total. The Kier molecular flexibility index (Phi) is 3.91. The molecule has 0 spiro atoms. The second kappa shape index (κ2) is 5.48. The molecular formula is C12H19N5O3. The van der Waals surface area contributed by atoms with Gasteiger partial charge < -0.3 is 15.3 Å². The summed E-state index contributed by atoms with van der Waals surface area (Å²) in [6.45, 7) is 3.80. The van der Waals surface area contributed by atoms with Gasteiger partial charge in [0.1, 0.15) is 17.7 Å². The molecule has 1 aliphatic heterocycles. The van der Waals surface area contributed by atoms with E-state index >= 15 is 0 Å². The van der Waals surface area contributed by atoms with Crippen molar-refractivity contribution < 1.29 is 14.7 Å². The van der Waals surface area contributed by atoms with Crippen molar-refractivity contribution in [3.8, 4) is 0 Å². The van der Waals surface area contributed by atoms with Crippen LogP contribution in [0.15, 0.2) is 6.33 Å². The Hall–Kier alpha value is -2.12. The van der Waals surface area contributed by atoms with Crippen LogP contribution in [-0.2, 0) is 4.79 Å². The molecule has 8 nitrogen and oxygen atoms in total. The van der Waals surface area contributed by atoms with E-state index in [0.717, 1.165) is 12.8 Å². The summed E-state index contributed by atoms with van der Waals surface area (Å²) in [6.07, 6.45) is 3.45. The predicted molar refractivity (Wildman–Crippen MR) is 69.9 cm³/mol. The van der Waals surface area contributed by atoms with Gasteiger partial charge in [-0.15, -0.1) is 0 Å². The van der Waals surface area contributed by atoms with Gasteiger partial charge in [-0.25, -0.2) is 14.6 Å². The summed E-state index contributed by atoms with van der Waals surface area (Å²) in [5.74, 6) is -0.438. The predicted octanol–water partition coefficient (Wildman–Crippen LogP) is 0.904. The summed E-state index contributed by atoms with van der Waals surface area (Å²) in [5.41, 5.74) is -1.15. The highest BCUT2D eigenvalue weighted by atomic mass is 16.4. The van der Waals surface area contributed by atoms with E-state index < -0.39 is 17.5 Å². The van der Waals surface area contributed by atoms with Crippen LogP contribution in [0.5, 0.6) is 0 Å². The number of carboxylic acid groups (broad SMARTS) is 1. The molecule has 0 saturated carbocycles. The number of likely N-dealkylation sites (tertiary alicyclic amines) is 1. The van der Waals surface area contributed by atoms with Crippen molar-refractivity contribution in [2.75, 3.05) is 6.54 Å². The lowest BCUT2D eigenvalue weighted by Gasteiger charge is -2.41. The van der Waals surface area contributed by atoms with Gasteiger partial charge in [-0.1, -0.05) is 0 Å². The van der Waals surface area contributed by atoms with Crippen LogP contribution in [-0.4, -0.2) is 49.3 Å². The van der Waals surface area contributed by atoms with Crippen LogP contribution in [0.3, 0.4) is 0 Å². The molecule has 1 fully saturated rings. The van der Waals surface area contributed by atoms with Crippen LogP contribution in [0, 0.1) is 0 Å². The number of aromatic amines is 1. The zero-order valence-electron chi connectivity index (χ0n) is 11.6. The van der Waals surface area contributed by atoms with Crippen molar-refractivity contribution in [1.82, 2.24) is 25.4 Å². The Balaban J connectivity index is 2.09. The van der Waals surface area contributed by atoms with E-state index in [-0.39, 0.29) is 6.04 Å². The number of piperidine rings is 1. The minimum absolute atomic E-state index is 0.357. The van der Waals surface area contributed by atoms with Gasteiger partial charge in [-0.2, -0.15) is 5.10 Å². The van der Waals surface area contributed by atoms with E-state index in [1.807, 2.05) is 0 Å². The fourth-order valence-electron chi connectivity index (χ4n) is 2.42. The number of carboxylic acids is 1. The highest BCUT2D eigenvalue weighted by molar-refractivity contribution is 5.86. The molecule has 1 aliphatic rings. The monoisotopic (exact) mass is 281 g/mol. The van der Waals surface area contributed by atoms with Crippen molar-refractivity contribution in [3.63, 3.8) is 0 Å². The number of amides is 2. The first-order valence-corrected chi connectivity index (χ1v) is 6.62. The Morgan fingerprint density at radius 3 is 2.90 bits per heavy atom. The number of carbonyl (C=O) groups is 2. The summed E-state index contributed by atoms with van der Waals surface area (Å²) < 4.78 is 0. The Bertz CT molecular complexity index is 489. The fraction of sp³-hybridized carbons (Fsp3) is 0.667. The molecule has 1 aromatic rings.